The molecule has 0 aliphatic heterocycles. The van der Waals surface area contributed by atoms with Crippen LogP contribution in [0.15, 0.2) is 17.1 Å². The summed E-state index contributed by atoms with van der Waals surface area (Å²) in [5.41, 5.74) is 10.3. The van der Waals surface area contributed by atoms with Crippen LogP contribution in [-0.2, 0) is 0 Å². The van der Waals surface area contributed by atoms with E-state index in [1.807, 2.05) is 0 Å². The molecule has 5 nitrogen and oxygen atoms in total. The second-order valence-corrected chi connectivity index (χ2v) is 2.28. The van der Waals surface area contributed by atoms with Crippen LogP contribution in [0.1, 0.15) is 13.1 Å². The molecule has 0 saturated heterocycles. The lowest BCUT2D eigenvalue weighted by atomic mass is 10.5. The first-order chi connectivity index (χ1) is 5.11. The Hall–Kier alpha value is -1.36. The second-order valence-electron chi connectivity index (χ2n) is 2.28. The van der Waals surface area contributed by atoms with E-state index in [9.17, 15) is 4.79 Å². The third kappa shape index (κ3) is 1.56. The molecule has 0 aliphatic carbocycles. The zero-order valence-electron chi connectivity index (χ0n) is 6.19. The number of anilines is 1. The van der Waals surface area contributed by atoms with Gasteiger partial charge in [-0.15, -0.1) is 0 Å². The van der Waals surface area contributed by atoms with Crippen molar-refractivity contribution in [2.75, 3.05) is 5.73 Å². The van der Waals surface area contributed by atoms with Crippen molar-refractivity contribution in [2.24, 2.45) is 5.73 Å². The molecule has 4 N–H and O–H groups in total. The maximum atomic E-state index is 11.0. The molecule has 60 valence electrons. The number of rotatable bonds is 1. The van der Waals surface area contributed by atoms with Gasteiger partial charge < -0.3 is 11.5 Å². The van der Waals surface area contributed by atoms with Crippen LogP contribution in [0.5, 0.6) is 0 Å². The zero-order chi connectivity index (χ0) is 8.43. The van der Waals surface area contributed by atoms with Gasteiger partial charge in [-0.3, -0.25) is 4.57 Å². The van der Waals surface area contributed by atoms with Crippen LogP contribution in [-0.4, -0.2) is 9.55 Å². The maximum Gasteiger partial charge on any atom is 0.350 e. The molecule has 5 heteroatoms. The SMILES string of the molecule is CC(N)n1ccc(N)nc1=O. The highest BCUT2D eigenvalue weighted by atomic mass is 16.1. The lowest BCUT2D eigenvalue weighted by Crippen LogP contribution is -2.29. The molecule has 1 aromatic heterocycles. The fourth-order valence-electron chi connectivity index (χ4n) is 0.736. The summed E-state index contributed by atoms with van der Waals surface area (Å²) in [5.74, 6) is 0.215. The Kier molecular flexibility index (Phi) is 1.91. The molecule has 1 heterocycles. The van der Waals surface area contributed by atoms with Gasteiger partial charge in [0.25, 0.3) is 0 Å². The van der Waals surface area contributed by atoms with E-state index in [1.165, 1.54) is 16.8 Å². The lowest BCUT2D eigenvalue weighted by Gasteiger charge is -2.07. The Morgan fingerprint density at radius 2 is 2.36 bits per heavy atom. The lowest BCUT2D eigenvalue weighted by molar-refractivity contribution is 0.540. The molecule has 11 heavy (non-hydrogen) atoms. The molecule has 1 rings (SSSR count). The summed E-state index contributed by atoms with van der Waals surface area (Å²) in [7, 11) is 0. The molecule has 0 fully saturated rings. The minimum absolute atomic E-state index is 0.215. The van der Waals surface area contributed by atoms with Crippen molar-refractivity contribution >= 4 is 5.82 Å². The molecular weight excluding hydrogens is 144 g/mol. The molecule has 1 unspecified atom stereocenters. The van der Waals surface area contributed by atoms with Crippen LogP contribution >= 0.6 is 0 Å². The van der Waals surface area contributed by atoms with Crippen LogP contribution < -0.4 is 17.2 Å². The zero-order valence-corrected chi connectivity index (χ0v) is 6.19. The summed E-state index contributed by atoms with van der Waals surface area (Å²) in [6.07, 6.45) is 1.16. The van der Waals surface area contributed by atoms with E-state index in [2.05, 4.69) is 4.98 Å². The number of nitrogen functional groups attached to an aromatic ring is 1. The highest BCUT2D eigenvalue weighted by Gasteiger charge is 2.00. The van der Waals surface area contributed by atoms with Gasteiger partial charge in [0.15, 0.2) is 0 Å². The largest absolute Gasteiger partial charge is 0.383 e. The average molecular weight is 154 g/mol. The van der Waals surface area contributed by atoms with E-state index in [0.29, 0.717) is 0 Å². The Bertz CT molecular complexity index is 304. The third-order valence-corrected chi connectivity index (χ3v) is 1.29. The summed E-state index contributed by atoms with van der Waals surface area (Å²) in [6.45, 7) is 1.69. The van der Waals surface area contributed by atoms with Gasteiger partial charge in [0.1, 0.15) is 5.82 Å². The van der Waals surface area contributed by atoms with Crippen molar-refractivity contribution in [3.63, 3.8) is 0 Å². The summed E-state index contributed by atoms with van der Waals surface area (Å²) >= 11 is 0. The molecule has 0 radical (unpaired) electrons. The average Bonchev–Trinajstić information content (AvgIpc) is 1.85. The summed E-state index contributed by atoms with van der Waals surface area (Å²) in [6, 6.07) is 1.53. The topological polar surface area (TPSA) is 86.9 Å². The molecule has 0 saturated carbocycles. The molecule has 0 aromatic carbocycles. The van der Waals surface area contributed by atoms with Gasteiger partial charge in [0, 0.05) is 6.20 Å². The smallest absolute Gasteiger partial charge is 0.350 e. The molecule has 1 atom stereocenters. The van der Waals surface area contributed by atoms with Crippen LogP contribution in [0.25, 0.3) is 0 Å². The van der Waals surface area contributed by atoms with Crippen molar-refractivity contribution in [1.82, 2.24) is 9.55 Å². The fourth-order valence-corrected chi connectivity index (χ4v) is 0.736. The van der Waals surface area contributed by atoms with E-state index in [1.54, 1.807) is 6.92 Å². The molecular formula is C6H10N4O. The molecule has 1 aromatic rings. The van der Waals surface area contributed by atoms with Gasteiger partial charge >= 0.3 is 5.69 Å². The van der Waals surface area contributed by atoms with E-state index in [-0.39, 0.29) is 12.0 Å². The first-order valence-electron chi connectivity index (χ1n) is 3.21. The van der Waals surface area contributed by atoms with Crippen molar-refractivity contribution in [1.29, 1.82) is 0 Å². The van der Waals surface area contributed by atoms with E-state index in [0.717, 1.165) is 0 Å². The fraction of sp³-hybridized carbons (Fsp3) is 0.333. The van der Waals surface area contributed by atoms with Crippen LogP contribution in [0.3, 0.4) is 0 Å². The van der Waals surface area contributed by atoms with Gasteiger partial charge in [0.05, 0.1) is 6.17 Å². The highest BCUT2D eigenvalue weighted by Crippen LogP contribution is 1.93. The van der Waals surface area contributed by atoms with Crippen LogP contribution in [0.2, 0.25) is 0 Å². The van der Waals surface area contributed by atoms with Crippen LogP contribution in [0, 0.1) is 0 Å². The third-order valence-electron chi connectivity index (χ3n) is 1.29. The molecule has 0 bridgehead atoms. The monoisotopic (exact) mass is 154 g/mol. The van der Waals surface area contributed by atoms with E-state index >= 15 is 0 Å². The molecule has 0 amide bonds. The van der Waals surface area contributed by atoms with Gasteiger partial charge in [-0.1, -0.05) is 0 Å². The minimum Gasteiger partial charge on any atom is -0.383 e. The van der Waals surface area contributed by atoms with Gasteiger partial charge in [-0.05, 0) is 13.0 Å². The standard InChI is InChI=1S/C6H10N4O/c1-4(7)10-3-2-5(8)9-6(10)11/h2-4H,7H2,1H3,(H2,8,9,11). The minimum atomic E-state index is -0.417. The van der Waals surface area contributed by atoms with Crippen molar-refractivity contribution in [3.05, 3.63) is 22.7 Å². The Balaban J connectivity index is 3.21. The number of aromatic nitrogens is 2. The van der Waals surface area contributed by atoms with Gasteiger partial charge in [-0.25, -0.2) is 4.79 Å². The molecule has 0 spiro atoms. The van der Waals surface area contributed by atoms with Crippen molar-refractivity contribution in [2.45, 2.75) is 13.1 Å². The first-order valence-corrected chi connectivity index (χ1v) is 3.21. The Morgan fingerprint density at radius 1 is 1.73 bits per heavy atom. The summed E-state index contributed by atoms with van der Waals surface area (Å²) < 4.78 is 1.30. The first kappa shape index (κ1) is 7.74. The van der Waals surface area contributed by atoms with Gasteiger partial charge in [0.2, 0.25) is 0 Å². The number of hydrogen-bond acceptors (Lipinski definition) is 4. The summed E-state index contributed by atoms with van der Waals surface area (Å²) in [4.78, 5) is 14.5. The Labute approximate surface area is 63.7 Å². The Morgan fingerprint density at radius 3 is 2.82 bits per heavy atom. The maximum absolute atomic E-state index is 11.0. The van der Waals surface area contributed by atoms with Crippen LogP contribution in [0.4, 0.5) is 5.82 Å². The quantitative estimate of drug-likeness (QED) is 0.560. The second kappa shape index (κ2) is 2.71. The normalized spacial score (nSPS) is 12.9. The van der Waals surface area contributed by atoms with Crippen molar-refractivity contribution in [3.8, 4) is 0 Å². The number of nitrogens with zero attached hydrogens (tertiary/aromatic N) is 2. The van der Waals surface area contributed by atoms with Crippen molar-refractivity contribution < 1.29 is 0 Å². The number of hydrogen-bond donors (Lipinski definition) is 2. The van der Waals surface area contributed by atoms with E-state index in [4.69, 9.17) is 11.5 Å². The van der Waals surface area contributed by atoms with E-state index < -0.39 is 5.69 Å². The predicted molar refractivity (Wildman–Crippen MR) is 41.8 cm³/mol. The van der Waals surface area contributed by atoms with Gasteiger partial charge in [-0.2, -0.15) is 4.98 Å². The number of nitrogens with two attached hydrogens (primary N) is 2. The predicted octanol–water partition coefficient (Wildman–Crippen LogP) is -0.697. The molecule has 0 aliphatic rings. The summed E-state index contributed by atoms with van der Waals surface area (Å²) in [5, 5.41) is 0. The highest BCUT2D eigenvalue weighted by molar-refractivity contribution is 5.23.